The fourth-order valence-corrected chi connectivity index (χ4v) is 3.45. The topological polar surface area (TPSA) is 38.5 Å². The first-order valence-corrected chi connectivity index (χ1v) is 7.14. The zero-order chi connectivity index (χ0) is 12.3. The number of methoxy groups -OCH3 is 1. The maximum Gasteiger partial charge on any atom is 0.0724 e. The number of hydrogen-bond donors (Lipinski definition) is 1. The van der Waals surface area contributed by atoms with Crippen LogP contribution in [0, 0.1) is 5.92 Å². The smallest absolute Gasteiger partial charge is 0.0724 e. The maximum atomic E-state index is 5.94. The first-order chi connectivity index (χ1) is 8.26. The molecule has 0 amide bonds. The average molecular weight is 254 g/mol. The molecular weight excluding hydrogens is 232 g/mol. The predicted octanol–water partition coefficient (Wildman–Crippen LogP) is 2.10. The third-order valence-corrected chi connectivity index (χ3v) is 4.73. The van der Waals surface area contributed by atoms with Crippen molar-refractivity contribution in [2.75, 3.05) is 26.7 Å². The summed E-state index contributed by atoms with van der Waals surface area (Å²) in [5, 5.41) is 2.12. The number of thiophene rings is 1. The molecule has 0 bridgehead atoms. The van der Waals surface area contributed by atoms with Gasteiger partial charge in [0, 0.05) is 25.1 Å². The van der Waals surface area contributed by atoms with E-state index in [0.717, 1.165) is 13.1 Å². The summed E-state index contributed by atoms with van der Waals surface area (Å²) in [5.41, 5.74) is 5.94. The summed E-state index contributed by atoms with van der Waals surface area (Å²) in [7, 11) is 1.81. The Balaban J connectivity index is 2.06. The Morgan fingerprint density at radius 3 is 3.06 bits per heavy atom. The summed E-state index contributed by atoms with van der Waals surface area (Å²) in [6.45, 7) is 5.08. The van der Waals surface area contributed by atoms with Gasteiger partial charge in [0.05, 0.1) is 12.1 Å². The molecule has 96 valence electrons. The molecule has 17 heavy (non-hydrogen) atoms. The second-order valence-electron chi connectivity index (χ2n) is 4.80. The SMILES string of the molecule is COC1CN(C(CN)c2cccs2)CCC1C. The lowest BCUT2D eigenvalue weighted by Crippen LogP contribution is -2.46. The van der Waals surface area contributed by atoms with Gasteiger partial charge in [0.1, 0.15) is 0 Å². The molecule has 2 rings (SSSR count). The van der Waals surface area contributed by atoms with Crippen LogP contribution in [0.15, 0.2) is 17.5 Å². The van der Waals surface area contributed by atoms with Crippen molar-refractivity contribution in [1.29, 1.82) is 0 Å². The van der Waals surface area contributed by atoms with E-state index < -0.39 is 0 Å². The fraction of sp³-hybridized carbons (Fsp3) is 0.692. The van der Waals surface area contributed by atoms with E-state index in [0.29, 0.717) is 24.6 Å². The van der Waals surface area contributed by atoms with Gasteiger partial charge in [0.25, 0.3) is 0 Å². The van der Waals surface area contributed by atoms with Crippen LogP contribution in [0.4, 0.5) is 0 Å². The van der Waals surface area contributed by atoms with E-state index in [1.807, 2.05) is 7.11 Å². The molecule has 1 fully saturated rings. The van der Waals surface area contributed by atoms with E-state index in [-0.39, 0.29) is 0 Å². The van der Waals surface area contributed by atoms with Crippen LogP contribution in [0.1, 0.15) is 24.3 Å². The number of likely N-dealkylation sites (tertiary alicyclic amines) is 1. The first kappa shape index (κ1) is 13.0. The van der Waals surface area contributed by atoms with Crippen molar-refractivity contribution in [3.05, 3.63) is 22.4 Å². The molecule has 0 saturated carbocycles. The molecular formula is C13H22N2OS. The standard InChI is InChI=1S/C13H22N2OS/c1-10-5-6-15(9-12(10)16-2)11(8-14)13-4-3-7-17-13/h3-4,7,10-12H,5-6,8-9,14H2,1-2H3. The number of nitrogens with zero attached hydrogens (tertiary/aromatic N) is 1. The summed E-state index contributed by atoms with van der Waals surface area (Å²) in [4.78, 5) is 3.84. The minimum absolute atomic E-state index is 0.345. The van der Waals surface area contributed by atoms with Gasteiger partial charge in [-0.15, -0.1) is 11.3 Å². The highest BCUT2D eigenvalue weighted by molar-refractivity contribution is 7.10. The van der Waals surface area contributed by atoms with Gasteiger partial charge in [0.2, 0.25) is 0 Å². The highest BCUT2D eigenvalue weighted by Crippen LogP contribution is 2.29. The number of piperidine rings is 1. The molecule has 0 radical (unpaired) electrons. The number of ether oxygens (including phenoxy) is 1. The average Bonchev–Trinajstić information content (AvgIpc) is 2.86. The lowest BCUT2D eigenvalue weighted by Gasteiger charge is -2.40. The van der Waals surface area contributed by atoms with Crippen LogP contribution in [0.2, 0.25) is 0 Å². The van der Waals surface area contributed by atoms with Crippen LogP contribution in [-0.2, 0) is 4.74 Å². The Morgan fingerprint density at radius 2 is 2.47 bits per heavy atom. The highest BCUT2D eigenvalue weighted by atomic mass is 32.1. The minimum Gasteiger partial charge on any atom is -0.380 e. The Morgan fingerprint density at radius 1 is 1.65 bits per heavy atom. The van der Waals surface area contributed by atoms with Gasteiger partial charge in [-0.05, 0) is 30.3 Å². The quantitative estimate of drug-likeness (QED) is 0.894. The first-order valence-electron chi connectivity index (χ1n) is 6.26. The largest absolute Gasteiger partial charge is 0.380 e. The fourth-order valence-electron chi connectivity index (χ4n) is 2.57. The lowest BCUT2D eigenvalue weighted by molar-refractivity contribution is -0.0178. The zero-order valence-electron chi connectivity index (χ0n) is 10.6. The summed E-state index contributed by atoms with van der Waals surface area (Å²) >= 11 is 1.80. The Kier molecular flexibility index (Phi) is 4.56. The van der Waals surface area contributed by atoms with Gasteiger partial charge in [0.15, 0.2) is 0 Å². The number of nitrogens with two attached hydrogens (primary N) is 1. The van der Waals surface area contributed by atoms with Gasteiger partial charge >= 0.3 is 0 Å². The summed E-state index contributed by atoms with van der Waals surface area (Å²) < 4.78 is 5.57. The van der Waals surface area contributed by atoms with Crippen molar-refractivity contribution in [3.8, 4) is 0 Å². The maximum absolute atomic E-state index is 5.94. The van der Waals surface area contributed by atoms with E-state index in [2.05, 4.69) is 29.3 Å². The predicted molar refractivity (Wildman–Crippen MR) is 72.3 cm³/mol. The third kappa shape index (κ3) is 2.88. The van der Waals surface area contributed by atoms with Crippen LogP contribution in [0.25, 0.3) is 0 Å². The van der Waals surface area contributed by atoms with Crippen LogP contribution in [0.5, 0.6) is 0 Å². The zero-order valence-corrected chi connectivity index (χ0v) is 11.5. The van der Waals surface area contributed by atoms with Crippen LogP contribution >= 0.6 is 11.3 Å². The molecule has 1 saturated heterocycles. The number of rotatable bonds is 4. The Labute approximate surface area is 108 Å². The molecule has 2 N–H and O–H groups in total. The van der Waals surface area contributed by atoms with Crippen LogP contribution < -0.4 is 5.73 Å². The van der Waals surface area contributed by atoms with Crippen molar-refractivity contribution in [2.45, 2.75) is 25.5 Å². The van der Waals surface area contributed by atoms with E-state index in [1.165, 1.54) is 11.3 Å². The molecule has 1 aliphatic rings. The van der Waals surface area contributed by atoms with Crippen molar-refractivity contribution in [3.63, 3.8) is 0 Å². The van der Waals surface area contributed by atoms with Crippen LogP contribution in [-0.4, -0.2) is 37.7 Å². The summed E-state index contributed by atoms with van der Waals surface area (Å²) in [6.07, 6.45) is 1.54. The molecule has 3 nitrogen and oxygen atoms in total. The monoisotopic (exact) mass is 254 g/mol. The summed E-state index contributed by atoms with van der Waals surface area (Å²) in [6, 6.07) is 4.64. The van der Waals surface area contributed by atoms with Gasteiger partial charge in [-0.2, -0.15) is 0 Å². The lowest BCUT2D eigenvalue weighted by atomic mass is 9.94. The molecule has 3 atom stereocenters. The van der Waals surface area contributed by atoms with Crippen molar-refractivity contribution in [2.24, 2.45) is 11.7 Å². The second kappa shape index (κ2) is 5.96. The van der Waals surface area contributed by atoms with Crippen molar-refractivity contribution >= 4 is 11.3 Å². The molecule has 0 spiro atoms. The molecule has 0 aliphatic carbocycles. The molecule has 1 aliphatic heterocycles. The molecule has 4 heteroatoms. The van der Waals surface area contributed by atoms with Gasteiger partial charge in [-0.1, -0.05) is 13.0 Å². The van der Waals surface area contributed by atoms with Gasteiger partial charge in [-0.3, -0.25) is 4.90 Å². The van der Waals surface area contributed by atoms with E-state index in [1.54, 1.807) is 11.3 Å². The molecule has 3 unspecified atom stereocenters. The van der Waals surface area contributed by atoms with E-state index in [4.69, 9.17) is 10.5 Å². The minimum atomic E-state index is 0.345. The van der Waals surface area contributed by atoms with E-state index >= 15 is 0 Å². The Bertz CT molecular complexity index is 328. The molecule has 1 aromatic rings. The Hall–Kier alpha value is -0.420. The molecule has 2 heterocycles. The second-order valence-corrected chi connectivity index (χ2v) is 5.78. The number of hydrogen-bond acceptors (Lipinski definition) is 4. The molecule has 1 aromatic heterocycles. The summed E-state index contributed by atoms with van der Waals surface area (Å²) in [5.74, 6) is 0.651. The highest BCUT2D eigenvalue weighted by Gasteiger charge is 2.30. The molecule has 0 aromatic carbocycles. The van der Waals surface area contributed by atoms with Crippen LogP contribution in [0.3, 0.4) is 0 Å². The normalized spacial score (nSPS) is 28.2. The van der Waals surface area contributed by atoms with Crippen molar-refractivity contribution < 1.29 is 4.74 Å². The van der Waals surface area contributed by atoms with Crippen molar-refractivity contribution in [1.82, 2.24) is 4.90 Å². The van der Waals surface area contributed by atoms with Gasteiger partial charge in [-0.25, -0.2) is 0 Å². The van der Waals surface area contributed by atoms with Gasteiger partial charge < -0.3 is 10.5 Å². The third-order valence-electron chi connectivity index (χ3n) is 3.76. The van der Waals surface area contributed by atoms with E-state index in [9.17, 15) is 0 Å².